The zero-order valence-electron chi connectivity index (χ0n) is 10.6. The molecule has 0 spiro atoms. The number of hydrogen-bond donors (Lipinski definition) is 1. The molecule has 0 aromatic heterocycles. The van der Waals surface area contributed by atoms with Crippen LogP contribution in [0.1, 0.15) is 8.27 Å². The molecule has 2 heteroatoms. The normalized spacial score (nSPS) is 12.6. The second-order valence-electron chi connectivity index (χ2n) is 3.90. The molecule has 0 aliphatic carbocycles. The predicted octanol–water partition coefficient (Wildman–Crippen LogP) is 1.85. The van der Waals surface area contributed by atoms with Crippen molar-refractivity contribution in [3.05, 3.63) is 72.4 Å². The van der Waals surface area contributed by atoms with Gasteiger partial charge in [-0.05, 0) is 17.3 Å². The Hall–Kier alpha value is -1.64. The third-order valence-corrected chi connectivity index (χ3v) is 5.93. The van der Waals surface area contributed by atoms with E-state index >= 15 is 0 Å². The van der Waals surface area contributed by atoms with E-state index in [1.807, 2.05) is 66.4 Å². The van der Waals surface area contributed by atoms with Gasteiger partial charge in [0.25, 0.3) is 8.32 Å². The summed E-state index contributed by atoms with van der Waals surface area (Å²) in [5, 5.41) is 1.89. The summed E-state index contributed by atoms with van der Waals surface area (Å²) in [6, 6.07) is 19.4. The summed E-state index contributed by atoms with van der Waals surface area (Å²) in [5.41, 5.74) is 1.82. The highest BCUT2D eigenvalue weighted by Crippen LogP contribution is 2.04. The van der Waals surface area contributed by atoms with E-state index in [4.69, 9.17) is 1.37 Å². The Morgan fingerprint density at radius 1 is 0.941 bits per heavy atom. The third kappa shape index (κ3) is 2.38. The van der Waals surface area contributed by atoms with Gasteiger partial charge in [0.15, 0.2) is 0 Å². The molecule has 0 saturated heterocycles. The Morgan fingerprint density at radius 2 is 1.41 bits per heavy atom. The zero-order chi connectivity index (χ0) is 12.8. The lowest BCUT2D eigenvalue weighted by atomic mass is 10.4. The molecule has 86 valence electrons. The average molecular weight is 241 g/mol. The van der Waals surface area contributed by atoms with Gasteiger partial charge in [0.2, 0.25) is 0 Å². The Morgan fingerprint density at radius 3 is 1.82 bits per heavy atom. The van der Waals surface area contributed by atoms with Gasteiger partial charge in [-0.2, -0.15) is 0 Å². The lowest BCUT2D eigenvalue weighted by molar-refractivity contribution is 0.582. The number of hydrogen-bond acceptors (Lipinski definition) is 1. The van der Waals surface area contributed by atoms with Gasteiger partial charge >= 0.3 is 0 Å². The standard InChI is InChI=1S/C15H16OSi/c1-2-13-17(16,14-9-5-3-6-10-14)15-11-7-4-8-12-15/h2-13,16H,1H3/b13-2-/i1D. The second kappa shape index (κ2) is 5.12. The molecule has 2 rings (SSSR count). The van der Waals surface area contributed by atoms with Crippen LogP contribution in [-0.4, -0.2) is 13.1 Å². The van der Waals surface area contributed by atoms with Crippen LogP contribution < -0.4 is 10.4 Å². The molecule has 0 radical (unpaired) electrons. The summed E-state index contributed by atoms with van der Waals surface area (Å²) >= 11 is 0. The number of rotatable bonds is 3. The predicted molar refractivity (Wildman–Crippen MR) is 74.9 cm³/mol. The van der Waals surface area contributed by atoms with Gasteiger partial charge in [0, 0.05) is 1.37 Å². The highest BCUT2D eigenvalue weighted by atomic mass is 28.4. The summed E-state index contributed by atoms with van der Waals surface area (Å²) in [7, 11) is -2.82. The topological polar surface area (TPSA) is 20.2 Å². The van der Waals surface area contributed by atoms with Gasteiger partial charge in [0.05, 0.1) is 0 Å². The van der Waals surface area contributed by atoms with Crippen LogP contribution in [0.5, 0.6) is 0 Å². The van der Waals surface area contributed by atoms with Crippen molar-refractivity contribution >= 4 is 18.7 Å². The molecule has 2 aromatic carbocycles. The molecule has 17 heavy (non-hydrogen) atoms. The SMILES string of the molecule is [2H]C/C=C\[Si](O)(c1ccccc1)c1ccccc1. The minimum Gasteiger partial charge on any atom is -0.421 e. The van der Waals surface area contributed by atoms with Crippen molar-refractivity contribution < 1.29 is 6.17 Å². The lowest BCUT2D eigenvalue weighted by Gasteiger charge is -2.22. The summed E-state index contributed by atoms with van der Waals surface area (Å²) in [4.78, 5) is 11.1. The van der Waals surface area contributed by atoms with E-state index in [9.17, 15) is 4.80 Å². The van der Waals surface area contributed by atoms with E-state index in [1.165, 1.54) is 0 Å². The third-order valence-electron chi connectivity index (χ3n) is 2.79. The molecule has 0 fully saturated rings. The Bertz CT molecular complexity index is 471. The van der Waals surface area contributed by atoms with Crippen molar-refractivity contribution in [2.24, 2.45) is 0 Å². The molecule has 0 atom stereocenters. The highest BCUT2D eigenvalue weighted by molar-refractivity contribution is 7.00. The summed E-state index contributed by atoms with van der Waals surface area (Å²) in [6.07, 6.45) is 1.73. The van der Waals surface area contributed by atoms with Crippen LogP contribution in [0, 0.1) is 0 Å². The van der Waals surface area contributed by atoms with E-state index < -0.39 is 8.32 Å². The molecule has 0 saturated carbocycles. The van der Waals surface area contributed by atoms with Crippen LogP contribution >= 0.6 is 0 Å². The molecule has 0 unspecified atom stereocenters. The van der Waals surface area contributed by atoms with Gasteiger partial charge < -0.3 is 4.80 Å². The first kappa shape index (κ1) is 10.5. The van der Waals surface area contributed by atoms with Gasteiger partial charge in [-0.3, -0.25) is 0 Å². The molecule has 0 amide bonds. The van der Waals surface area contributed by atoms with E-state index in [0.29, 0.717) is 0 Å². The minimum absolute atomic E-state index is 0.189. The molecule has 0 bridgehead atoms. The maximum atomic E-state index is 11.1. The first-order chi connectivity index (χ1) is 8.77. The van der Waals surface area contributed by atoms with E-state index in [0.717, 1.165) is 10.4 Å². The average Bonchev–Trinajstić information content (AvgIpc) is 2.46. The van der Waals surface area contributed by atoms with Crippen LogP contribution in [0.3, 0.4) is 0 Å². The van der Waals surface area contributed by atoms with Gasteiger partial charge in [-0.25, -0.2) is 0 Å². The van der Waals surface area contributed by atoms with Crippen molar-refractivity contribution in [1.82, 2.24) is 0 Å². The second-order valence-corrected chi connectivity index (χ2v) is 6.92. The highest BCUT2D eigenvalue weighted by Gasteiger charge is 2.32. The van der Waals surface area contributed by atoms with Crippen LogP contribution in [0.25, 0.3) is 0 Å². The molecule has 0 aliphatic rings. The minimum atomic E-state index is -2.82. The van der Waals surface area contributed by atoms with Gasteiger partial charge in [-0.1, -0.05) is 72.4 Å². The fourth-order valence-electron chi connectivity index (χ4n) is 1.91. The monoisotopic (exact) mass is 241 g/mol. The molecule has 1 nitrogen and oxygen atoms in total. The Labute approximate surface area is 105 Å². The fraction of sp³-hybridized carbons (Fsp3) is 0.0667. The van der Waals surface area contributed by atoms with Crippen LogP contribution in [0.15, 0.2) is 72.4 Å². The first-order valence-electron chi connectivity index (χ1n) is 6.28. The van der Waals surface area contributed by atoms with Gasteiger partial charge in [0.1, 0.15) is 0 Å². The van der Waals surface area contributed by atoms with Gasteiger partial charge in [-0.15, -0.1) is 0 Å². The smallest absolute Gasteiger partial charge is 0.277 e. The molecule has 0 aliphatic heterocycles. The lowest BCUT2D eigenvalue weighted by Crippen LogP contribution is -2.57. The maximum Gasteiger partial charge on any atom is 0.277 e. The largest absolute Gasteiger partial charge is 0.421 e. The maximum absolute atomic E-state index is 11.1. The van der Waals surface area contributed by atoms with Crippen molar-refractivity contribution in [2.45, 2.75) is 6.90 Å². The van der Waals surface area contributed by atoms with Crippen molar-refractivity contribution in [3.8, 4) is 0 Å². The number of benzene rings is 2. The summed E-state index contributed by atoms with van der Waals surface area (Å²) in [5.74, 6) is 0. The van der Waals surface area contributed by atoms with E-state index in [-0.39, 0.29) is 6.90 Å². The first-order valence-corrected chi connectivity index (χ1v) is 7.60. The molecular weight excluding hydrogens is 224 g/mol. The van der Waals surface area contributed by atoms with Crippen molar-refractivity contribution in [2.75, 3.05) is 0 Å². The molecule has 0 heterocycles. The van der Waals surface area contributed by atoms with E-state index in [2.05, 4.69) is 0 Å². The van der Waals surface area contributed by atoms with Crippen molar-refractivity contribution in [3.63, 3.8) is 0 Å². The number of allylic oxidation sites excluding steroid dienone is 1. The Balaban J connectivity index is 2.51. The van der Waals surface area contributed by atoms with E-state index in [1.54, 1.807) is 6.08 Å². The molecule has 2 aromatic rings. The quantitative estimate of drug-likeness (QED) is 0.813. The van der Waals surface area contributed by atoms with Crippen LogP contribution in [0.4, 0.5) is 0 Å². The van der Waals surface area contributed by atoms with Crippen LogP contribution in [-0.2, 0) is 0 Å². The zero-order valence-corrected chi connectivity index (χ0v) is 10.6. The molecule has 1 N–H and O–H groups in total. The Kier molecular flexibility index (Phi) is 3.17. The molecular formula is C15H16OSi. The summed E-state index contributed by atoms with van der Waals surface area (Å²) in [6.45, 7) is 0.189. The van der Waals surface area contributed by atoms with Crippen molar-refractivity contribution in [1.29, 1.82) is 0 Å². The van der Waals surface area contributed by atoms with Crippen LogP contribution in [0.2, 0.25) is 0 Å². The fourth-order valence-corrected chi connectivity index (χ4v) is 4.37. The summed E-state index contributed by atoms with van der Waals surface area (Å²) < 4.78 is 7.23.